The van der Waals surface area contributed by atoms with Crippen LogP contribution in [0.3, 0.4) is 0 Å². The van der Waals surface area contributed by atoms with Crippen molar-refractivity contribution in [2.75, 3.05) is 26.0 Å². The summed E-state index contributed by atoms with van der Waals surface area (Å²) in [7, 11) is 1.61. The Labute approximate surface area is 139 Å². The molecule has 1 aliphatic heterocycles. The number of benzene rings is 1. The molecule has 1 aliphatic rings. The second kappa shape index (κ2) is 8.64. The van der Waals surface area contributed by atoms with Crippen molar-refractivity contribution in [3.05, 3.63) is 24.3 Å². The Kier molecular flexibility index (Phi) is 6.54. The summed E-state index contributed by atoms with van der Waals surface area (Å²) in [6.07, 6.45) is 0.647. The van der Waals surface area contributed by atoms with Gasteiger partial charge >= 0.3 is 0 Å². The number of nitrogens with two attached hydrogens (primary N) is 1. The topological polar surface area (TPSA) is 93.9 Å². The zero-order chi connectivity index (χ0) is 16.7. The number of thioether (sulfide) groups is 1. The average molecular weight is 339 g/mol. The Morgan fingerprint density at radius 3 is 2.70 bits per heavy atom. The summed E-state index contributed by atoms with van der Waals surface area (Å²) in [5.74, 6) is 1.47. The van der Waals surface area contributed by atoms with Crippen LogP contribution in [0.5, 0.6) is 11.5 Å². The fourth-order valence-electron chi connectivity index (χ4n) is 2.15. The maximum atomic E-state index is 11.7. The minimum atomic E-state index is -0.641. The van der Waals surface area contributed by atoms with Crippen LogP contribution in [0, 0.1) is 0 Å². The number of nitrogens with zero attached hydrogens (tertiary/aromatic N) is 1. The van der Waals surface area contributed by atoms with Crippen LogP contribution in [-0.4, -0.2) is 48.2 Å². The number of hydrogen-bond acceptors (Lipinski definition) is 6. The Balaban J connectivity index is 1.87. The molecule has 126 valence electrons. The van der Waals surface area contributed by atoms with Crippen molar-refractivity contribution in [3.8, 4) is 11.5 Å². The van der Waals surface area contributed by atoms with E-state index in [2.05, 4.69) is 5.43 Å². The lowest BCUT2D eigenvalue weighted by Crippen LogP contribution is -2.52. The molecule has 1 saturated heterocycles. The van der Waals surface area contributed by atoms with Crippen molar-refractivity contribution in [1.29, 1.82) is 0 Å². The Morgan fingerprint density at radius 1 is 1.35 bits per heavy atom. The predicted octanol–water partition coefficient (Wildman–Crippen LogP) is 0.746. The average Bonchev–Trinajstić information content (AvgIpc) is 2.53. The zero-order valence-electron chi connectivity index (χ0n) is 13.0. The molecule has 1 aromatic carbocycles. The standard InChI is InChI=1S/C15H21N3O4S/c1-21-11-3-5-12(6-4-11)22-10-15-18(7-2-8-23-15)17-14(20)9-13(16)19/h3-6,15H,2,7-10H2,1H3,(H2,16,19)(H,17,20). The molecule has 0 bridgehead atoms. The molecule has 1 aromatic rings. The Bertz CT molecular complexity index is 538. The van der Waals surface area contributed by atoms with Crippen LogP contribution in [0.2, 0.25) is 0 Å². The van der Waals surface area contributed by atoms with Crippen LogP contribution in [0.25, 0.3) is 0 Å². The quantitative estimate of drug-likeness (QED) is 0.712. The Hall–Kier alpha value is -1.93. The maximum Gasteiger partial charge on any atom is 0.243 e. The molecule has 1 atom stereocenters. The van der Waals surface area contributed by atoms with Gasteiger partial charge < -0.3 is 15.2 Å². The molecule has 1 heterocycles. The lowest BCUT2D eigenvalue weighted by Gasteiger charge is -2.34. The lowest BCUT2D eigenvalue weighted by molar-refractivity contribution is -0.131. The van der Waals surface area contributed by atoms with Gasteiger partial charge in [0.05, 0.1) is 7.11 Å². The first-order chi connectivity index (χ1) is 11.1. The van der Waals surface area contributed by atoms with Crippen molar-refractivity contribution in [2.24, 2.45) is 5.73 Å². The Morgan fingerprint density at radius 2 is 2.04 bits per heavy atom. The van der Waals surface area contributed by atoms with Crippen LogP contribution >= 0.6 is 11.8 Å². The number of carbonyl (C=O) groups excluding carboxylic acids is 2. The van der Waals surface area contributed by atoms with Gasteiger partial charge in [-0.1, -0.05) is 0 Å². The summed E-state index contributed by atoms with van der Waals surface area (Å²) in [4.78, 5) is 22.5. The summed E-state index contributed by atoms with van der Waals surface area (Å²) in [5, 5.41) is 1.80. The monoisotopic (exact) mass is 339 g/mol. The van der Waals surface area contributed by atoms with Gasteiger partial charge in [-0.25, -0.2) is 5.01 Å². The fraction of sp³-hybridized carbons (Fsp3) is 0.467. The zero-order valence-corrected chi connectivity index (χ0v) is 13.8. The van der Waals surface area contributed by atoms with Gasteiger partial charge in [0.25, 0.3) is 0 Å². The van der Waals surface area contributed by atoms with E-state index in [4.69, 9.17) is 15.2 Å². The number of ether oxygens (including phenoxy) is 2. The van der Waals surface area contributed by atoms with Crippen LogP contribution in [0.1, 0.15) is 12.8 Å². The number of hydrazine groups is 1. The number of rotatable bonds is 7. The first-order valence-electron chi connectivity index (χ1n) is 7.31. The number of primary amides is 1. The van der Waals surface area contributed by atoms with Crippen molar-refractivity contribution in [2.45, 2.75) is 18.2 Å². The molecule has 0 aromatic heterocycles. The van der Waals surface area contributed by atoms with Crippen molar-refractivity contribution in [1.82, 2.24) is 10.4 Å². The van der Waals surface area contributed by atoms with Crippen LogP contribution in [-0.2, 0) is 9.59 Å². The fourth-order valence-corrected chi connectivity index (χ4v) is 3.22. The van der Waals surface area contributed by atoms with Gasteiger partial charge in [-0.05, 0) is 36.4 Å². The minimum Gasteiger partial charge on any atom is -0.497 e. The molecule has 0 saturated carbocycles. The van der Waals surface area contributed by atoms with E-state index in [9.17, 15) is 9.59 Å². The summed E-state index contributed by atoms with van der Waals surface area (Å²) in [5.41, 5.74) is 7.76. The maximum absolute atomic E-state index is 11.7. The van der Waals surface area contributed by atoms with Crippen LogP contribution < -0.4 is 20.6 Å². The third-order valence-corrected chi connectivity index (χ3v) is 4.56. The molecule has 1 fully saturated rings. The molecule has 2 rings (SSSR count). The van der Waals surface area contributed by atoms with Gasteiger partial charge in [0.15, 0.2) is 0 Å². The van der Waals surface area contributed by atoms with E-state index in [-0.39, 0.29) is 11.8 Å². The van der Waals surface area contributed by atoms with Crippen molar-refractivity contribution in [3.63, 3.8) is 0 Å². The smallest absolute Gasteiger partial charge is 0.243 e. The number of hydrogen-bond donors (Lipinski definition) is 2. The number of methoxy groups -OCH3 is 1. The van der Waals surface area contributed by atoms with E-state index in [1.54, 1.807) is 18.9 Å². The normalized spacial score (nSPS) is 18.2. The minimum absolute atomic E-state index is 0.0114. The highest BCUT2D eigenvalue weighted by Crippen LogP contribution is 2.23. The summed E-state index contributed by atoms with van der Waals surface area (Å²) >= 11 is 1.70. The number of nitrogens with one attached hydrogen (secondary N) is 1. The highest BCUT2D eigenvalue weighted by atomic mass is 32.2. The molecular weight excluding hydrogens is 318 g/mol. The van der Waals surface area contributed by atoms with Gasteiger partial charge in [-0.3, -0.25) is 15.0 Å². The number of amides is 2. The second-order valence-electron chi connectivity index (χ2n) is 5.04. The van der Waals surface area contributed by atoms with Gasteiger partial charge in [0.2, 0.25) is 11.8 Å². The lowest BCUT2D eigenvalue weighted by atomic mass is 10.3. The van der Waals surface area contributed by atoms with E-state index in [0.717, 1.165) is 23.7 Å². The molecule has 2 amide bonds. The summed E-state index contributed by atoms with van der Waals surface area (Å²) < 4.78 is 10.9. The molecule has 0 spiro atoms. The molecule has 0 aliphatic carbocycles. The van der Waals surface area contributed by atoms with Crippen molar-refractivity contribution < 1.29 is 19.1 Å². The van der Waals surface area contributed by atoms with Crippen molar-refractivity contribution >= 4 is 23.6 Å². The SMILES string of the molecule is COc1ccc(OCC2SCCCN2NC(=O)CC(N)=O)cc1. The third-order valence-electron chi connectivity index (χ3n) is 3.26. The van der Waals surface area contributed by atoms with E-state index in [1.807, 2.05) is 29.3 Å². The van der Waals surface area contributed by atoms with E-state index >= 15 is 0 Å². The molecule has 8 heteroatoms. The second-order valence-corrected chi connectivity index (χ2v) is 6.32. The molecule has 0 radical (unpaired) electrons. The van der Waals surface area contributed by atoms with Gasteiger partial charge in [-0.2, -0.15) is 0 Å². The highest BCUT2D eigenvalue weighted by Gasteiger charge is 2.25. The van der Waals surface area contributed by atoms with Gasteiger partial charge in [0.1, 0.15) is 29.9 Å². The van der Waals surface area contributed by atoms with Crippen LogP contribution in [0.15, 0.2) is 24.3 Å². The van der Waals surface area contributed by atoms with E-state index in [1.165, 1.54) is 0 Å². The van der Waals surface area contributed by atoms with Gasteiger partial charge in [0, 0.05) is 6.54 Å². The largest absolute Gasteiger partial charge is 0.497 e. The van der Waals surface area contributed by atoms with Gasteiger partial charge in [-0.15, -0.1) is 11.8 Å². The van der Waals surface area contributed by atoms with E-state index < -0.39 is 11.8 Å². The third kappa shape index (κ3) is 5.65. The first kappa shape index (κ1) is 17.4. The molecular formula is C15H21N3O4S. The predicted molar refractivity (Wildman–Crippen MR) is 88.0 cm³/mol. The number of carbonyl (C=O) groups is 2. The van der Waals surface area contributed by atoms with Crippen LogP contribution in [0.4, 0.5) is 0 Å². The molecule has 1 unspecified atom stereocenters. The summed E-state index contributed by atoms with van der Waals surface area (Å²) in [6.45, 7) is 1.14. The summed E-state index contributed by atoms with van der Waals surface area (Å²) in [6, 6.07) is 7.33. The first-order valence-corrected chi connectivity index (χ1v) is 8.36. The highest BCUT2D eigenvalue weighted by molar-refractivity contribution is 7.99. The molecule has 23 heavy (non-hydrogen) atoms. The van der Waals surface area contributed by atoms with E-state index in [0.29, 0.717) is 13.2 Å². The molecule has 3 N–H and O–H groups in total. The molecule has 7 nitrogen and oxygen atoms in total.